The Bertz CT molecular complexity index is 836. The Labute approximate surface area is 182 Å². The number of amides is 3. The summed E-state index contributed by atoms with van der Waals surface area (Å²) in [5.41, 5.74) is 6.00. The molecule has 2 atom stereocenters. The molecule has 3 rings (SSSR count). The lowest BCUT2D eigenvalue weighted by Crippen LogP contribution is -2.51. The molecule has 0 aromatic carbocycles. The van der Waals surface area contributed by atoms with Crippen LogP contribution in [0.25, 0.3) is 0 Å². The number of carbonyl (C=O) groups is 3. The minimum atomic E-state index is -0.746. The summed E-state index contributed by atoms with van der Waals surface area (Å²) in [6, 6.07) is 1.23. The van der Waals surface area contributed by atoms with Gasteiger partial charge >= 0.3 is 5.91 Å². The maximum atomic E-state index is 12.9. The molecule has 31 heavy (non-hydrogen) atoms. The van der Waals surface area contributed by atoms with Crippen LogP contribution in [-0.4, -0.2) is 58.5 Å². The van der Waals surface area contributed by atoms with E-state index in [4.69, 9.17) is 11.1 Å². The highest BCUT2D eigenvalue weighted by Gasteiger charge is 2.35. The summed E-state index contributed by atoms with van der Waals surface area (Å²) in [4.78, 5) is 42.8. The van der Waals surface area contributed by atoms with Gasteiger partial charge in [-0.15, -0.1) is 0 Å². The number of nitrogens with two attached hydrogens (primary N) is 2. The lowest BCUT2D eigenvalue weighted by molar-refractivity contribution is -0.137. The van der Waals surface area contributed by atoms with Crippen LogP contribution >= 0.6 is 0 Å². The van der Waals surface area contributed by atoms with Crippen molar-refractivity contribution in [2.24, 2.45) is 11.7 Å². The molecule has 9 nitrogen and oxygen atoms in total. The molecule has 1 saturated carbocycles. The molecule has 1 saturated heterocycles. The molecule has 2 aliphatic rings. The molecule has 1 aliphatic heterocycles. The van der Waals surface area contributed by atoms with E-state index < -0.39 is 11.9 Å². The molecule has 9 heteroatoms. The quantitative estimate of drug-likeness (QED) is 0.416. The minimum absolute atomic E-state index is 0.0350. The molecule has 3 amide bonds. The Morgan fingerprint density at radius 2 is 1.97 bits per heavy atom. The largest absolute Gasteiger partial charge is 0.374 e. The fourth-order valence-corrected chi connectivity index (χ4v) is 4.59. The van der Waals surface area contributed by atoms with Gasteiger partial charge in [-0.2, -0.15) is 0 Å². The standard InChI is InChI=1S/C22H32N6O3/c1-14(15-6-3-2-4-7-15)27-22(31)18-8-5-11-28(18)19(29)13-26-17-12-25-10-9-16(17)20(23)21(24)30/h9-10,12,14-15,18,23,26H,2-8,11,13H2,1H3,(H2,24,30)(H,27,31)/p+1/t14-,18+/m1/s1. The summed E-state index contributed by atoms with van der Waals surface area (Å²) < 4.78 is 0. The first kappa shape index (κ1) is 22.7. The van der Waals surface area contributed by atoms with Crippen molar-refractivity contribution in [3.05, 3.63) is 24.0 Å². The Morgan fingerprint density at radius 1 is 1.23 bits per heavy atom. The van der Waals surface area contributed by atoms with Crippen LogP contribution in [0.3, 0.4) is 0 Å². The number of anilines is 1. The van der Waals surface area contributed by atoms with E-state index in [-0.39, 0.29) is 30.1 Å². The van der Waals surface area contributed by atoms with Crippen LogP contribution in [-0.2, 0) is 14.4 Å². The molecule has 2 heterocycles. The first-order valence-corrected chi connectivity index (χ1v) is 11.1. The monoisotopic (exact) mass is 429 g/mol. The normalized spacial score (nSPS) is 20.2. The van der Waals surface area contributed by atoms with Gasteiger partial charge in [-0.05, 0) is 44.6 Å². The number of nitrogens with one attached hydrogen (secondary N) is 2. The fourth-order valence-electron chi connectivity index (χ4n) is 4.59. The third kappa shape index (κ3) is 5.59. The highest BCUT2D eigenvalue weighted by Crippen LogP contribution is 2.27. The molecule has 1 aromatic heterocycles. The van der Waals surface area contributed by atoms with Crippen molar-refractivity contribution in [3.63, 3.8) is 0 Å². The van der Waals surface area contributed by atoms with E-state index in [1.807, 2.05) is 0 Å². The van der Waals surface area contributed by atoms with E-state index in [2.05, 4.69) is 22.5 Å². The van der Waals surface area contributed by atoms with E-state index in [0.717, 1.165) is 19.3 Å². The van der Waals surface area contributed by atoms with Crippen molar-refractivity contribution in [1.82, 2.24) is 15.2 Å². The van der Waals surface area contributed by atoms with Crippen LogP contribution in [0.15, 0.2) is 18.5 Å². The van der Waals surface area contributed by atoms with Gasteiger partial charge in [0, 0.05) is 18.8 Å². The molecule has 0 radical (unpaired) electrons. The molecule has 6 N–H and O–H groups in total. The van der Waals surface area contributed by atoms with Crippen LogP contribution in [0, 0.1) is 5.92 Å². The van der Waals surface area contributed by atoms with Gasteiger partial charge in [0.2, 0.25) is 11.8 Å². The number of hydrogen-bond donors (Lipinski definition) is 4. The maximum Gasteiger partial charge on any atom is 0.313 e. The molecule has 168 valence electrons. The molecule has 0 bridgehead atoms. The van der Waals surface area contributed by atoms with E-state index in [1.165, 1.54) is 31.7 Å². The molecule has 0 spiro atoms. The van der Waals surface area contributed by atoms with Gasteiger partial charge in [-0.1, -0.05) is 19.3 Å². The van der Waals surface area contributed by atoms with Crippen molar-refractivity contribution < 1.29 is 19.8 Å². The Hall–Kier alpha value is -2.97. The number of nitrogens with zero attached hydrogens (tertiary/aromatic N) is 2. The van der Waals surface area contributed by atoms with E-state index >= 15 is 0 Å². The zero-order chi connectivity index (χ0) is 22.4. The van der Waals surface area contributed by atoms with Gasteiger partial charge < -0.3 is 21.3 Å². The Morgan fingerprint density at radius 3 is 2.68 bits per heavy atom. The van der Waals surface area contributed by atoms with Gasteiger partial charge in [0.1, 0.15) is 6.04 Å². The molecule has 0 unspecified atom stereocenters. The summed E-state index contributed by atoms with van der Waals surface area (Å²) in [5, 5.41) is 11.9. The first-order chi connectivity index (χ1) is 14.9. The fraction of sp³-hybridized carbons (Fsp3) is 0.591. The average Bonchev–Trinajstić information content (AvgIpc) is 3.28. The van der Waals surface area contributed by atoms with Crippen molar-refractivity contribution in [2.45, 2.75) is 64.0 Å². The van der Waals surface area contributed by atoms with Crippen LogP contribution in [0.5, 0.6) is 0 Å². The number of likely N-dealkylation sites (tertiary alicyclic amines) is 1. The summed E-state index contributed by atoms with van der Waals surface area (Å²) in [6.45, 7) is 2.58. The number of aromatic nitrogens is 1. The number of primary amides is 1. The minimum Gasteiger partial charge on any atom is -0.374 e. The summed E-state index contributed by atoms with van der Waals surface area (Å²) >= 11 is 0. The van der Waals surface area contributed by atoms with Crippen molar-refractivity contribution in [3.8, 4) is 0 Å². The number of hydrogen-bond acceptors (Lipinski definition) is 5. The SMILES string of the molecule is C[C@@H](NC(=O)[C@@H]1CCCN1C(=O)CNc1cnccc1C(=[NH2+])C(N)=O)C1CCCCC1. The summed E-state index contributed by atoms with van der Waals surface area (Å²) in [7, 11) is 0. The van der Waals surface area contributed by atoms with Gasteiger partial charge in [0.05, 0.1) is 24.0 Å². The van der Waals surface area contributed by atoms with Gasteiger partial charge in [-0.25, -0.2) is 5.41 Å². The number of pyridine rings is 1. The van der Waals surface area contributed by atoms with Crippen LogP contribution in [0.1, 0.15) is 57.4 Å². The second-order valence-electron chi connectivity index (χ2n) is 8.49. The van der Waals surface area contributed by atoms with Crippen LogP contribution in [0.2, 0.25) is 0 Å². The van der Waals surface area contributed by atoms with Crippen LogP contribution < -0.4 is 21.8 Å². The third-order valence-electron chi connectivity index (χ3n) is 6.41. The average molecular weight is 430 g/mol. The summed E-state index contributed by atoms with van der Waals surface area (Å²) in [6.07, 6.45) is 10.4. The Kier molecular flexibility index (Phi) is 7.59. The first-order valence-electron chi connectivity index (χ1n) is 11.1. The molecular weight excluding hydrogens is 396 g/mol. The Balaban J connectivity index is 1.58. The van der Waals surface area contributed by atoms with Crippen molar-refractivity contribution in [1.29, 1.82) is 0 Å². The van der Waals surface area contributed by atoms with E-state index in [1.54, 1.807) is 11.0 Å². The van der Waals surface area contributed by atoms with Crippen LogP contribution in [0.4, 0.5) is 5.69 Å². The number of carbonyl (C=O) groups excluding carboxylic acids is 3. The second kappa shape index (κ2) is 10.4. The van der Waals surface area contributed by atoms with E-state index in [0.29, 0.717) is 30.1 Å². The van der Waals surface area contributed by atoms with Crippen molar-refractivity contribution >= 4 is 29.1 Å². The lowest BCUT2D eigenvalue weighted by Gasteiger charge is -2.31. The zero-order valence-electron chi connectivity index (χ0n) is 18.1. The molecule has 2 fully saturated rings. The lowest BCUT2D eigenvalue weighted by atomic mass is 9.84. The summed E-state index contributed by atoms with van der Waals surface area (Å²) in [5.74, 6) is -0.488. The van der Waals surface area contributed by atoms with E-state index in [9.17, 15) is 14.4 Å². The van der Waals surface area contributed by atoms with Gasteiger partial charge in [-0.3, -0.25) is 19.4 Å². The second-order valence-corrected chi connectivity index (χ2v) is 8.49. The molecule has 1 aromatic rings. The predicted molar refractivity (Wildman–Crippen MR) is 117 cm³/mol. The highest BCUT2D eigenvalue weighted by molar-refractivity contribution is 6.43. The van der Waals surface area contributed by atoms with Crippen molar-refractivity contribution in [2.75, 3.05) is 18.4 Å². The third-order valence-corrected chi connectivity index (χ3v) is 6.41. The van der Waals surface area contributed by atoms with Gasteiger partial charge in [0.25, 0.3) is 5.71 Å². The topological polar surface area (TPSA) is 143 Å². The molecule has 1 aliphatic carbocycles. The van der Waals surface area contributed by atoms with Gasteiger partial charge in [0.15, 0.2) is 0 Å². The smallest absolute Gasteiger partial charge is 0.313 e. The zero-order valence-corrected chi connectivity index (χ0v) is 18.1. The molecular formula is C22H33N6O3+. The highest BCUT2D eigenvalue weighted by atomic mass is 16.2. The predicted octanol–water partition coefficient (Wildman–Crippen LogP) is -0.397. The maximum absolute atomic E-state index is 12.9. The number of rotatable bonds is 8.